The van der Waals surface area contributed by atoms with E-state index in [1.54, 1.807) is 23.1 Å². The van der Waals surface area contributed by atoms with E-state index in [2.05, 4.69) is 5.32 Å². The lowest BCUT2D eigenvalue weighted by Crippen LogP contribution is -2.37. The minimum atomic E-state index is -0.574. The molecule has 0 aromatic heterocycles. The second kappa shape index (κ2) is 7.44. The van der Waals surface area contributed by atoms with Gasteiger partial charge in [0.25, 0.3) is 11.8 Å². The molecule has 130 valence electrons. The number of carbonyl (C=O) groups is 2. The summed E-state index contributed by atoms with van der Waals surface area (Å²) in [6.07, 6.45) is 1.75. The van der Waals surface area contributed by atoms with Gasteiger partial charge in [0.05, 0.1) is 5.56 Å². The van der Waals surface area contributed by atoms with Crippen molar-refractivity contribution in [1.29, 1.82) is 0 Å². The zero-order valence-corrected chi connectivity index (χ0v) is 13.9. The molecule has 5 nitrogen and oxygen atoms in total. The molecule has 0 saturated carbocycles. The first kappa shape index (κ1) is 17.1. The molecule has 0 atom stereocenters. The molecule has 2 amide bonds. The number of hydrogen-bond acceptors (Lipinski definition) is 3. The minimum Gasteiger partial charge on any atom is -0.375 e. The highest BCUT2D eigenvalue weighted by Crippen LogP contribution is 2.30. The molecule has 0 aliphatic carbocycles. The number of nitrogens with zero attached hydrogens (tertiary/aromatic N) is 1. The van der Waals surface area contributed by atoms with Gasteiger partial charge in [0.2, 0.25) is 0 Å². The van der Waals surface area contributed by atoms with Crippen LogP contribution in [0.2, 0.25) is 0 Å². The largest absolute Gasteiger partial charge is 0.375 e. The molecular formula is C19H19FN2O3. The highest BCUT2D eigenvalue weighted by molar-refractivity contribution is 6.05. The number of rotatable bonds is 4. The summed E-state index contributed by atoms with van der Waals surface area (Å²) in [5.41, 5.74) is 2.30. The van der Waals surface area contributed by atoms with Crippen molar-refractivity contribution in [1.82, 2.24) is 0 Å². The maximum absolute atomic E-state index is 13.7. The Morgan fingerprint density at radius 3 is 2.80 bits per heavy atom. The molecule has 2 aromatic carbocycles. The summed E-state index contributed by atoms with van der Waals surface area (Å²) in [7, 11) is 1.48. The van der Waals surface area contributed by atoms with Crippen LogP contribution < -0.4 is 10.2 Å². The number of aryl methyl sites for hydroxylation is 1. The number of ether oxygens (including phenoxy) is 1. The molecule has 3 rings (SSSR count). The number of nitrogens with one attached hydrogen (secondary N) is 1. The first-order chi connectivity index (χ1) is 12.1. The molecule has 0 fully saturated rings. The first-order valence-corrected chi connectivity index (χ1v) is 8.08. The fraction of sp³-hybridized carbons (Fsp3) is 0.263. The van der Waals surface area contributed by atoms with E-state index in [1.807, 2.05) is 6.07 Å². The Morgan fingerprint density at radius 2 is 2.04 bits per heavy atom. The van der Waals surface area contributed by atoms with Crippen molar-refractivity contribution in [3.05, 3.63) is 59.4 Å². The third-order valence-electron chi connectivity index (χ3n) is 4.15. The summed E-state index contributed by atoms with van der Waals surface area (Å²) in [5, 5.41) is 2.69. The van der Waals surface area contributed by atoms with Gasteiger partial charge >= 0.3 is 0 Å². The third kappa shape index (κ3) is 3.69. The highest BCUT2D eigenvalue weighted by atomic mass is 19.1. The average molecular weight is 342 g/mol. The number of anilines is 2. The van der Waals surface area contributed by atoms with Crippen molar-refractivity contribution >= 4 is 23.2 Å². The zero-order chi connectivity index (χ0) is 17.8. The molecule has 1 aliphatic rings. The molecular weight excluding hydrogens is 323 g/mol. The summed E-state index contributed by atoms with van der Waals surface area (Å²) in [6, 6.07) is 11.2. The predicted molar refractivity (Wildman–Crippen MR) is 93.3 cm³/mol. The molecule has 0 bridgehead atoms. The van der Waals surface area contributed by atoms with Gasteiger partial charge in [0, 0.05) is 25.0 Å². The van der Waals surface area contributed by atoms with Crippen molar-refractivity contribution in [2.24, 2.45) is 0 Å². The van der Waals surface area contributed by atoms with E-state index >= 15 is 0 Å². The SMILES string of the molecule is COCC(=O)N1CCCc2ccc(NC(=O)c3ccccc3F)cc21. The lowest BCUT2D eigenvalue weighted by atomic mass is 10.0. The average Bonchev–Trinajstić information content (AvgIpc) is 2.61. The number of carbonyl (C=O) groups excluding carboxylic acids is 2. The van der Waals surface area contributed by atoms with Crippen LogP contribution in [0.3, 0.4) is 0 Å². The fourth-order valence-corrected chi connectivity index (χ4v) is 2.96. The van der Waals surface area contributed by atoms with Crippen molar-refractivity contribution in [2.75, 3.05) is 30.5 Å². The number of benzene rings is 2. The van der Waals surface area contributed by atoms with Gasteiger partial charge in [-0.1, -0.05) is 18.2 Å². The van der Waals surface area contributed by atoms with Crippen LogP contribution >= 0.6 is 0 Å². The minimum absolute atomic E-state index is 0.00521. The number of halogens is 1. The van der Waals surface area contributed by atoms with Crippen molar-refractivity contribution in [2.45, 2.75) is 12.8 Å². The number of methoxy groups -OCH3 is 1. The molecule has 0 spiro atoms. The molecule has 6 heteroatoms. The fourth-order valence-electron chi connectivity index (χ4n) is 2.96. The van der Waals surface area contributed by atoms with E-state index in [4.69, 9.17) is 4.74 Å². The maximum Gasteiger partial charge on any atom is 0.258 e. The van der Waals surface area contributed by atoms with E-state index in [0.29, 0.717) is 12.2 Å². The van der Waals surface area contributed by atoms with Gasteiger partial charge < -0.3 is 15.0 Å². The van der Waals surface area contributed by atoms with Gasteiger partial charge in [0.15, 0.2) is 0 Å². The lowest BCUT2D eigenvalue weighted by molar-refractivity contribution is -0.122. The molecule has 1 N–H and O–H groups in total. The summed E-state index contributed by atoms with van der Waals surface area (Å²) >= 11 is 0. The van der Waals surface area contributed by atoms with Gasteiger partial charge in [-0.3, -0.25) is 9.59 Å². The Morgan fingerprint density at radius 1 is 1.24 bits per heavy atom. The quantitative estimate of drug-likeness (QED) is 0.929. The Balaban J connectivity index is 1.85. The summed E-state index contributed by atoms with van der Waals surface area (Å²) < 4.78 is 18.7. The van der Waals surface area contributed by atoms with Crippen molar-refractivity contribution < 1.29 is 18.7 Å². The topological polar surface area (TPSA) is 58.6 Å². The Kier molecular flexibility index (Phi) is 5.09. The molecule has 1 aliphatic heterocycles. The van der Waals surface area contributed by atoms with Crippen LogP contribution in [-0.4, -0.2) is 32.1 Å². The van der Waals surface area contributed by atoms with E-state index < -0.39 is 11.7 Å². The van der Waals surface area contributed by atoms with Crippen molar-refractivity contribution in [3.8, 4) is 0 Å². The van der Waals surface area contributed by atoms with E-state index in [-0.39, 0.29) is 18.1 Å². The van der Waals surface area contributed by atoms with Crippen LogP contribution in [0.15, 0.2) is 42.5 Å². The predicted octanol–water partition coefficient (Wildman–Crippen LogP) is 3.00. The van der Waals surface area contributed by atoms with E-state index in [1.165, 1.54) is 25.3 Å². The van der Waals surface area contributed by atoms with Crippen LogP contribution in [-0.2, 0) is 16.0 Å². The van der Waals surface area contributed by atoms with E-state index in [0.717, 1.165) is 24.1 Å². The highest BCUT2D eigenvalue weighted by Gasteiger charge is 2.23. The summed E-state index contributed by atoms with van der Waals surface area (Å²) in [6.45, 7) is 0.616. The van der Waals surface area contributed by atoms with Gasteiger partial charge in [-0.2, -0.15) is 0 Å². The molecule has 0 saturated heterocycles. The van der Waals surface area contributed by atoms with Gasteiger partial charge in [-0.15, -0.1) is 0 Å². The molecule has 1 heterocycles. The standard InChI is InChI=1S/C19H19FN2O3/c1-25-12-18(23)22-10-4-5-13-8-9-14(11-17(13)22)21-19(24)15-6-2-3-7-16(15)20/h2-3,6-9,11H,4-5,10,12H2,1H3,(H,21,24). The third-order valence-corrected chi connectivity index (χ3v) is 4.15. The first-order valence-electron chi connectivity index (χ1n) is 8.08. The van der Waals surface area contributed by atoms with Crippen LogP contribution in [0.1, 0.15) is 22.3 Å². The molecule has 0 radical (unpaired) electrons. The lowest BCUT2D eigenvalue weighted by Gasteiger charge is -2.29. The van der Waals surface area contributed by atoms with Crippen LogP contribution in [0.4, 0.5) is 15.8 Å². The van der Waals surface area contributed by atoms with Gasteiger partial charge in [-0.25, -0.2) is 4.39 Å². The maximum atomic E-state index is 13.7. The monoisotopic (exact) mass is 342 g/mol. The summed E-state index contributed by atoms with van der Waals surface area (Å²) in [4.78, 5) is 26.2. The smallest absolute Gasteiger partial charge is 0.258 e. The Hall–Kier alpha value is -2.73. The molecule has 2 aromatic rings. The van der Waals surface area contributed by atoms with Crippen molar-refractivity contribution in [3.63, 3.8) is 0 Å². The van der Waals surface area contributed by atoms with E-state index in [9.17, 15) is 14.0 Å². The molecule has 0 unspecified atom stereocenters. The van der Waals surface area contributed by atoms with Crippen LogP contribution in [0.25, 0.3) is 0 Å². The summed E-state index contributed by atoms with van der Waals surface area (Å²) in [5.74, 6) is -1.22. The van der Waals surface area contributed by atoms with Gasteiger partial charge in [-0.05, 0) is 42.7 Å². The second-order valence-electron chi connectivity index (χ2n) is 5.86. The second-order valence-corrected chi connectivity index (χ2v) is 5.86. The Bertz CT molecular complexity index is 807. The number of amides is 2. The number of hydrogen-bond donors (Lipinski definition) is 1. The van der Waals surface area contributed by atoms with Crippen LogP contribution in [0.5, 0.6) is 0 Å². The number of fused-ring (bicyclic) bond motifs is 1. The van der Waals surface area contributed by atoms with Crippen LogP contribution in [0, 0.1) is 5.82 Å². The zero-order valence-electron chi connectivity index (χ0n) is 13.9. The Labute approximate surface area is 145 Å². The van der Waals surface area contributed by atoms with Gasteiger partial charge in [0.1, 0.15) is 12.4 Å². The molecule has 25 heavy (non-hydrogen) atoms. The normalized spacial score (nSPS) is 13.3.